The number of hydrogen-bond donors (Lipinski definition) is 0. The highest BCUT2D eigenvalue weighted by Crippen LogP contribution is 1.96. The zero-order valence-corrected chi connectivity index (χ0v) is 8.09. The molecule has 0 fully saturated rings. The molecule has 70 valence electrons. The van der Waals surface area contributed by atoms with E-state index in [1.807, 2.05) is 13.8 Å². The lowest BCUT2D eigenvalue weighted by molar-refractivity contribution is -0.131. The number of carbonyl (C=O) groups excluding carboxylic acids is 2. The summed E-state index contributed by atoms with van der Waals surface area (Å²) in [5, 5.41) is 0. The van der Waals surface area contributed by atoms with E-state index in [-0.39, 0.29) is 11.7 Å². The third-order valence-corrected chi connectivity index (χ3v) is 1.77. The van der Waals surface area contributed by atoms with Gasteiger partial charge in [-0.3, -0.25) is 9.59 Å². The van der Waals surface area contributed by atoms with Crippen molar-refractivity contribution in [3.63, 3.8) is 0 Å². The van der Waals surface area contributed by atoms with E-state index in [1.54, 1.807) is 11.8 Å². The van der Waals surface area contributed by atoms with Crippen molar-refractivity contribution in [1.29, 1.82) is 0 Å². The average Bonchev–Trinajstić information content (AvgIpc) is 2.04. The van der Waals surface area contributed by atoms with Gasteiger partial charge in [-0.1, -0.05) is 6.92 Å². The number of amides is 1. The van der Waals surface area contributed by atoms with E-state index in [2.05, 4.69) is 0 Å². The van der Waals surface area contributed by atoms with Crippen LogP contribution >= 0.6 is 0 Å². The molecule has 1 amide bonds. The molecule has 0 aromatic carbocycles. The number of rotatable bonds is 5. The van der Waals surface area contributed by atoms with E-state index in [0.29, 0.717) is 25.9 Å². The Morgan fingerprint density at radius 1 is 1.25 bits per heavy atom. The van der Waals surface area contributed by atoms with Gasteiger partial charge < -0.3 is 4.90 Å². The zero-order chi connectivity index (χ0) is 9.56. The molecule has 0 aliphatic heterocycles. The Balaban J connectivity index is 3.83. The second-order valence-corrected chi connectivity index (χ2v) is 2.78. The van der Waals surface area contributed by atoms with Crippen LogP contribution in [-0.4, -0.2) is 29.7 Å². The molecular formula is C9H17NO2. The first-order chi connectivity index (χ1) is 5.61. The Bertz CT molecular complexity index is 166. The molecule has 12 heavy (non-hydrogen) atoms. The largest absolute Gasteiger partial charge is 0.343 e. The molecule has 0 aromatic rings. The smallest absolute Gasteiger partial charge is 0.222 e. The fraction of sp³-hybridized carbons (Fsp3) is 0.778. The topological polar surface area (TPSA) is 37.4 Å². The predicted molar refractivity (Wildman–Crippen MR) is 47.8 cm³/mol. The molecule has 0 rings (SSSR count). The van der Waals surface area contributed by atoms with Crippen LogP contribution in [0.5, 0.6) is 0 Å². The highest BCUT2D eigenvalue weighted by atomic mass is 16.2. The third kappa shape index (κ3) is 4.11. The molecule has 0 aliphatic rings. The highest BCUT2D eigenvalue weighted by Gasteiger charge is 2.08. The molecule has 0 aromatic heterocycles. The summed E-state index contributed by atoms with van der Waals surface area (Å²) in [6.45, 7) is 6.56. The number of Topliss-reactive ketones (excluding diaryl/α,β-unsaturated/α-hetero) is 1. The highest BCUT2D eigenvalue weighted by molar-refractivity contribution is 5.78. The van der Waals surface area contributed by atoms with Gasteiger partial charge in [0.25, 0.3) is 0 Å². The Labute approximate surface area is 73.7 Å². The van der Waals surface area contributed by atoms with Crippen molar-refractivity contribution in [2.45, 2.75) is 33.6 Å². The maximum Gasteiger partial charge on any atom is 0.222 e. The summed E-state index contributed by atoms with van der Waals surface area (Å²) >= 11 is 0. The summed E-state index contributed by atoms with van der Waals surface area (Å²) in [6.07, 6.45) is 0.991. The minimum Gasteiger partial charge on any atom is -0.343 e. The summed E-state index contributed by atoms with van der Waals surface area (Å²) < 4.78 is 0. The molecular weight excluding hydrogens is 154 g/mol. The average molecular weight is 171 g/mol. The van der Waals surface area contributed by atoms with Gasteiger partial charge in [-0.15, -0.1) is 0 Å². The molecule has 0 heterocycles. The lowest BCUT2D eigenvalue weighted by Crippen LogP contribution is -2.31. The Hall–Kier alpha value is -0.860. The monoisotopic (exact) mass is 171 g/mol. The quantitative estimate of drug-likeness (QED) is 0.623. The lowest BCUT2D eigenvalue weighted by Gasteiger charge is -2.19. The van der Waals surface area contributed by atoms with Crippen LogP contribution in [-0.2, 0) is 9.59 Å². The van der Waals surface area contributed by atoms with E-state index in [0.717, 1.165) is 0 Å². The fourth-order valence-corrected chi connectivity index (χ4v) is 0.975. The predicted octanol–water partition coefficient (Wildman–Crippen LogP) is 1.22. The van der Waals surface area contributed by atoms with Crippen LogP contribution in [0.1, 0.15) is 33.6 Å². The molecule has 0 atom stereocenters. The van der Waals surface area contributed by atoms with Gasteiger partial charge in [-0.05, 0) is 13.8 Å². The van der Waals surface area contributed by atoms with Crippen molar-refractivity contribution in [2.75, 3.05) is 13.1 Å². The van der Waals surface area contributed by atoms with Gasteiger partial charge >= 0.3 is 0 Å². The van der Waals surface area contributed by atoms with Crippen molar-refractivity contribution < 1.29 is 9.59 Å². The molecule has 0 aliphatic carbocycles. The van der Waals surface area contributed by atoms with Crippen LogP contribution in [0.25, 0.3) is 0 Å². The molecule has 0 radical (unpaired) electrons. The van der Waals surface area contributed by atoms with Gasteiger partial charge in [0.1, 0.15) is 5.78 Å². The second kappa shape index (κ2) is 5.75. The fourth-order valence-electron chi connectivity index (χ4n) is 0.975. The first kappa shape index (κ1) is 11.1. The number of ketones is 1. The second-order valence-electron chi connectivity index (χ2n) is 2.78. The lowest BCUT2D eigenvalue weighted by atomic mass is 10.3. The molecule has 0 spiro atoms. The summed E-state index contributed by atoms with van der Waals surface area (Å²) in [5.41, 5.74) is 0. The van der Waals surface area contributed by atoms with Crippen molar-refractivity contribution in [1.82, 2.24) is 4.90 Å². The van der Waals surface area contributed by atoms with Crippen LogP contribution in [0.4, 0.5) is 0 Å². The Morgan fingerprint density at radius 2 is 1.83 bits per heavy atom. The van der Waals surface area contributed by atoms with Crippen molar-refractivity contribution >= 4 is 11.7 Å². The third-order valence-electron chi connectivity index (χ3n) is 1.77. The molecule has 3 heteroatoms. The van der Waals surface area contributed by atoms with Gasteiger partial charge in [0.15, 0.2) is 0 Å². The molecule has 0 N–H and O–H groups in total. The molecule has 3 nitrogen and oxygen atoms in total. The van der Waals surface area contributed by atoms with Crippen LogP contribution in [0.15, 0.2) is 0 Å². The van der Waals surface area contributed by atoms with Crippen LogP contribution < -0.4 is 0 Å². The maximum absolute atomic E-state index is 11.2. The van der Waals surface area contributed by atoms with Gasteiger partial charge in [0, 0.05) is 25.9 Å². The van der Waals surface area contributed by atoms with Gasteiger partial charge in [-0.2, -0.15) is 0 Å². The number of nitrogens with zero attached hydrogens (tertiary/aromatic N) is 1. The molecule has 0 saturated heterocycles. The first-order valence-corrected chi connectivity index (χ1v) is 4.39. The Morgan fingerprint density at radius 3 is 2.17 bits per heavy atom. The molecule has 0 unspecified atom stereocenters. The zero-order valence-electron chi connectivity index (χ0n) is 8.09. The van der Waals surface area contributed by atoms with Crippen molar-refractivity contribution in [3.8, 4) is 0 Å². The van der Waals surface area contributed by atoms with E-state index in [4.69, 9.17) is 0 Å². The van der Waals surface area contributed by atoms with E-state index in [1.165, 1.54) is 0 Å². The minimum atomic E-state index is 0.124. The van der Waals surface area contributed by atoms with Crippen molar-refractivity contribution in [3.05, 3.63) is 0 Å². The van der Waals surface area contributed by atoms with Crippen LogP contribution in [0, 0.1) is 0 Å². The Kier molecular flexibility index (Phi) is 5.34. The summed E-state index contributed by atoms with van der Waals surface area (Å²) in [5.74, 6) is 0.260. The molecule has 0 saturated carbocycles. The molecule has 0 bridgehead atoms. The van der Waals surface area contributed by atoms with Gasteiger partial charge in [-0.25, -0.2) is 0 Å². The number of carbonyl (C=O) groups is 2. The van der Waals surface area contributed by atoms with Gasteiger partial charge in [0.2, 0.25) is 5.91 Å². The maximum atomic E-state index is 11.2. The van der Waals surface area contributed by atoms with Crippen LogP contribution in [0.3, 0.4) is 0 Å². The van der Waals surface area contributed by atoms with Crippen molar-refractivity contribution in [2.24, 2.45) is 0 Å². The first-order valence-electron chi connectivity index (χ1n) is 4.39. The normalized spacial score (nSPS) is 9.58. The van der Waals surface area contributed by atoms with E-state index < -0.39 is 0 Å². The van der Waals surface area contributed by atoms with Crippen LogP contribution in [0.2, 0.25) is 0 Å². The van der Waals surface area contributed by atoms with E-state index in [9.17, 15) is 9.59 Å². The summed E-state index contributed by atoms with van der Waals surface area (Å²) in [7, 11) is 0. The summed E-state index contributed by atoms with van der Waals surface area (Å²) in [4.78, 5) is 23.5. The summed E-state index contributed by atoms with van der Waals surface area (Å²) in [6, 6.07) is 0. The SMILES string of the molecule is CCC(=O)N(CC)CCC(C)=O. The minimum absolute atomic E-state index is 0.124. The number of hydrogen-bond acceptors (Lipinski definition) is 2. The standard InChI is InChI=1S/C9H17NO2/c1-4-9(12)10(5-2)7-6-8(3)11/h4-7H2,1-3H3. The van der Waals surface area contributed by atoms with E-state index >= 15 is 0 Å². The van der Waals surface area contributed by atoms with Gasteiger partial charge in [0.05, 0.1) is 0 Å².